The summed E-state index contributed by atoms with van der Waals surface area (Å²) in [6, 6.07) is 0.845. The van der Waals surface area contributed by atoms with E-state index in [0.29, 0.717) is 12.1 Å². The molecule has 0 aromatic heterocycles. The second kappa shape index (κ2) is 4.88. The number of piperazine rings is 1. The van der Waals surface area contributed by atoms with Crippen molar-refractivity contribution in [3.05, 3.63) is 25.8 Å². The summed E-state index contributed by atoms with van der Waals surface area (Å²) in [6.45, 7) is 11.3. The second-order valence-electron chi connectivity index (χ2n) is 4.39. The Morgan fingerprint density at radius 3 is 2.56 bits per heavy atom. The summed E-state index contributed by atoms with van der Waals surface area (Å²) in [5.41, 5.74) is 1.26. The van der Waals surface area contributed by atoms with Crippen molar-refractivity contribution in [3.63, 3.8) is 0 Å². The second-order valence-corrected chi connectivity index (χ2v) is 4.39. The van der Waals surface area contributed by atoms with Gasteiger partial charge in [0.2, 0.25) is 0 Å². The van der Waals surface area contributed by atoms with Gasteiger partial charge < -0.3 is 28.9 Å². The zero-order valence-electron chi connectivity index (χ0n) is 10.5. The summed E-state index contributed by atoms with van der Waals surface area (Å²) in [5, 5.41) is 0. The number of fused-ring (bicyclic) bond motifs is 1. The van der Waals surface area contributed by atoms with Gasteiger partial charge in [-0.15, -0.1) is 0 Å². The molecule has 2 aliphatic heterocycles. The normalized spacial score (nSPS) is 29.9. The van der Waals surface area contributed by atoms with Gasteiger partial charge in [0.25, 0.3) is 0 Å². The van der Waals surface area contributed by atoms with E-state index in [-0.39, 0.29) is 7.43 Å². The van der Waals surface area contributed by atoms with Gasteiger partial charge in [-0.25, -0.2) is 0 Å². The molecule has 0 N–H and O–H groups in total. The van der Waals surface area contributed by atoms with E-state index in [4.69, 9.17) is 4.74 Å². The molecule has 0 aromatic carbocycles. The summed E-state index contributed by atoms with van der Waals surface area (Å²) in [6.07, 6.45) is 0. The number of allylic oxidation sites excluding steroid dienone is 2. The summed E-state index contributed by atoms with van der Waals surface area (Å²) >= 11 is 0. The Bertz CT molecular complexity index is 268. The molecule has 0 aromatic rings. The van der Waals surface area contributed by atoms with Crippen molar-refractivity contribution in [1.82, 2.24) is 9.80 Å². The predicted molar refractivity (Wildman–Crippen MR) is 63.0 cm³/mol. The first-order valence-corrected chi connectivity index (χ1v) is 5.20. The fourth-order valence-electron chi connectivity index (χ4n) is 2.46. The Morgan fingerprint density at radius 2 is 1.94 bits per heavy atom. The first kappa shape index (κ1) is 14.3. The minimum atomic E-state index is 0. The molecule has 4 heteroatoms. The van der Waals surface area contributed by atoms with E-state index in [1.807, 2.05) is 6.92 Å². The standard InChI is InChI=1S/C11H19N2O.CH3.Lr/c1-8-5-12(4)6-11-7-14-10(3)9(2)13(8)11;;/h8,11H,1,5-7H2,2-4H3;1H3;/q2*-1;. The minimum absolute atomic E-state index is 0. The summed E-state index contributed by atoms with van der Waals surface area (Å²) in [5.74, 6) is 1.06. The van der Waals surface area contributed by atoms with E-state index < -0.39 is 0 Å². The quantitative estimate of drug-likeness (QED) is 0.498. The third-order valence-corrected chi connectivity index (χ3v) is 3.22. The Morgan fingerprint density at radius 1 is 1.31 bits per heavy atom. The number of nitrogens with zero attached hydrogens (tertiary/aromatic N) is 2. The Kier molecular flexibility index (Phi) is 4.36. The molecule has 0 spiro atoms. The van der Waals surface area contributed by atoms with Gasteiger partial charge in [-0.05, 0) is 27.4 Å². The first-order valence-electron chi connectivity index (χ1n) is 5.20. The van der Waals surface area contributed by atoms with E-state index in [1.54, 1.807) is 0 Å². The van der Waals surface area contributed by atoms with E-state index >= 15 is 0 Å². The Balaban J connectivity index is 0.00000112. The van der Waals surface area contributed by atoms with Crippen molar-refractivity contribution in [1.29, 1.82) is 0 Å². The largest absolute Gasteiger partial charge is 0.494 e. The number of hydrogen-bond acceptors (Lipinski definition) is 3. The number of likely N-dealkylation sites (N-methyl/N-ethyl adjacent to an activating group) is 1. The van der Waals surface area contributed by atoms with Gasteiger partial charge in [0.05, 0.1) is 6.04 Å². The molecule has 1 fully saturated rings. The molecule has 3 nitrogen and oxygen atoms in total. The molecule has 0 aliphatic carbocycles. The molecular formula is C12H22LrN2O-2. The third kappa shape index (κ3) is 2.11. The zero-order chi connectivity index (χ0) is 10.3. The maximum atomic E-state index is 5.64. The van der Waals surface area contributed by atoms with Crippen molar-refractivity contribution in [2.45, 2.75) is 25.9 Å². The molecule has 0 amide bonds. The number of hydrogen-bond donors (Lipinski definition) is 0. The molecule has 103 valence electrons. The number of ether oxygens (including phenoxy) is 1. The van der Waals surface area contributed by atoms with Gasteiger partial charge >= 0.3 is 0 Å². The molecule has 16 heavy (non-hydrogen) atoms. The van der Waals surface area contributed by atoms with Crippen molar-refractivity contribution in [2.75, 3.05) is 26.7 Å². The fraction of sp³-hybridized carbons (Fsp3) is 0.667. The SMILES string of the molecule is [CH2-]C1CN(C)CC2COC(C)=C(C)N12.[CH3-].[Lr]. The molecule has 1 saturated heterocycles. The van der Waals surface area contributed by atoms with Crippen LogP contribution in [0.25, 0.3) is 0 Å². The van der Waals surface area contributed by atoms with Gasteiger partial charge in [0, 0.05) is 12.2 Å². The molecule has 1 radical (unpaired) electrons. The molecule has 0 saturated carbocycles. The van der Waals surface area contributed by atoms with Crippen molar-refractivity contribution < 1.29 is 4.74 Å². The molecule has 2 heterocycles. The molecular weight excluding hydrogens is 450 g/mol. The van der Waals surface area contributed by atoms with E-state index in [1.165, 1.54) is 5.70 Å². The Labute approximate surface area is 93.7 Å². The first-order chi connectivity index (χ1) is 6.59. The van der Waals surface area contributed by atoms with Crippen LogP contribution in [-0.4, -0.2) is 48.6 Å². The van der Waals surface area contributed by atoms with Crippen LogP contribution in [0, 0.1) is 14.4 Å². The fourth-order valence-corrected chi connectivity index (χ4v) is 2.46. The maximum Gasteiger partial charge on any atom is 0.112 e. The number of rotatable bonds is 0. The topological polar surface area (TPSA) is 15.7 Å². The zero-order valence-corrected chi connectivity index (χ0v) is 12.7. The molecule has 2 atom stereocenters. The van der Waals surface area contributed by atoms with E-state index in [0.717, 1.165) is 25.5 Å². The molecule has 2 rings (SSSR count). The van der Waals surface area contributed by atoms with Crippen LogP contribution >= 0.6 is 0 Å². The predicted octanol–water partition coefficient (Wildman–Crippen LogP) is 1.54. The van der Waals surface area contributed by atoms with Crippen molar-refractivity contribution in [2.24, 2.45) is 0 Å². The van der Waals surface area contributed by atoms with Crippen LogP contribution in [0.1, 0.15) is 13.8 Å². The van der Waals surface area contributed by atoms with Gasteiger partial charge in [-0.3, -0.25) is 0 Å². The van der Waals surface area contributed by atoms with Crippen LogP contribution in [-0.2, 0) is 4.74 Å². The van der Waals surface area contributed by atoms with Crippen LogP contribution in [0.3, 0.4) is 0 Å². The van der Waals surface area contributed by atoms with Gasteiger partial charge in [0.1, 0.15) is 12.4 Å². The van der Waals surface area contributed by atoms with E-state index in [9.17, 15) is 0 Å². The average molecular weight is 472 g/mol. The Hall–Kier alpha value is -1.70. The summed E-state index contributed by atoms with van der Waals surface area (Å²) < 4.78 is 5.64. The van der Waals surface area contributed by atoms with Crippen LogP contribution in [0.4, 0.5) is 0 Å². The average Bonchev–Trinajstić information content (AvgIpc) is 2.10. The van der Waals surface area contributed by atoms with Crippen LogP contribution in [0.15, 0.2) is 11.5 Å². The van der Waals surface area contributed by atoms with Crippen LogP contribution in [0.2, 0.25) is 0 Å². The van der Waals surface area contributed by atoms with Gasteiger partial charge in [0.15, 0.2) is 0 Å². The monoisotopic (exact) mass is 472 g/mol. The molecule has 2 unspecified atom stereocenters. The van der Waals surface area contributed by atoms with Crippen molar-refractivity contribution >= 4 is 0 Å². The smallest absolute Gasteiger partial charge is 0.112 e. The van der Waals surface area contributed by atoms with E-state index in [2.05, 4.69) is 30.7 Å². The maximum absolute atomic E-state index is 5.64. The molecule has 2 aliphatic rings. The van der Waals surface area contributed by atoms with Crippen LogP contribution in [0.5, 0.6) is 0 Å². The minimum Gasteiger partial charge on any atom is -0.494 e. The van der Waals surface area contributed by atoms with Crippen LogP contribution < -0.4 is 0 Å². The van der Waals surface area contributed by atoms with Gasteiger partial charge in [-0.1, -0.05) is 6.04 Å². The summed E-state index contributed by atoms with van der Waals surface area (Å²) in [7, 11) is 2.15. The van der Waals surface area contributed by atoms with Gasteiger partial charge in [-0.2, -0.15) is 0 Å². The summed E-state index contributed by atoms with van der Waals surface area (Å²) in [4.78, 5) is 4.74. The van der Waals surface area contributed by atoms with Crippen molar-refractivity contribution in [3.8, 4) is 0 Å². The molecule has 0 bridgehead atoms. The third-order valence-electron chi connectivity index (χ3n) is 3.22.